The summed E-state index contributed by atoms with van der Waals surface area (Å²) in [5.41, 5.74) is 1.01. The van der Waals surface area contributed by atoms with Gasteiger partial charge in [-0.15, -0.1) is 0 Å². The van der Waals surface area contributed by atoms with Crippen molar-refractivity contribution in [3.63, 3.8) is 0 Å². The molecule has 0 saturated heterocycles. The van der Waals surface area contributed by atoms with Gasteiger partial charge in [0.1, 0.15) is 11.4 Å². The molecule has 0 atom stereocenters. The monoisotopic (exact) mass is 437 g/mol. The molecule has 2 aromatic heterocycles. The SMILES string of the molecule is COc1ccc(C=c2sc3nc(=O)c(Cc4ccc(OC)c(OC)c4)nn3c2=O)cc1. The maximum absolute atomic E-state index is 12.8. The summed E-state index contributed by atoms with van der Waals surface area (Å²) in [7, 11) is 4.68. The minimum Gasteiger partial charge on any atom is -0.497 e. The lowest BCUT2D eigenvalue weighted by molar-refractivity contribution is 0.354. The fraction of sp³-hybridized carbons (Fsp3) is 0.182. The van der Waals surface area contributed by atoms with Gasteiger partial charge in [0.05, 0.1) is 25.9 Å². The van der Waals surface area contributed by atoms with Gasteiger partial charge >= 0.3 is 0 Å². The van der Waals surface area contributed by atoms with Crippen molar-refractivity contribution in [2.45, 2.75) is 6.42 Å². The summed E-state index contributed by atoms with van der Waals surface area (Å²) in [6.45, 7) is 0. The zero-order valence-electron chi connectivity index (χ0n) is 17.1. The van der Waals surface area contributed by atoms with Crippen LogP contribution in [0.1, 0.15) is 16.8 Å². The molecule has 0 saturated carbocycles. The molecule has 0 fully saturated rings. The Balaban J connectivity index is 1.73. The molecule has 0 amide bonds. The van der Waals surface area contributed by atoms with E-state index in [4.69, 9.17) is 14.2 Å². The lowest BCUT2D eigenvalue weighted by Gasteiger charge is -2.09. The van der Waals surface area contributed by atoms with Gasteiger partial charge in [-0.3, -0.25) is 9.59 Å². The maximum Gasteiger partial charge on any atom is 0.296 e. The standard InChI is InChI=1S/C22H19N3O5S/c1-28-15-7-4-13(5-8-15)12-19-21(27)25-22(31-19)23-20(26)16(24-25)10-14-6-9-17(29-2)18(11-14)30-3/h4-9,11-12H,10H2,1-3H3. The summed E-state index contributed by atoms with van der Waals surface area (Å²) in [4.78, 5) is 29.7. The molecule has 0 aliphatic rings. The molecule has 0 bridgehead atoms. The molecule has 2 heterocycles. The Morgan fingerprint density at radius 2 is 1.71 bits per heavy atom. The van der Waals surface area contributed by atoms with Crippen molar-refractivity contribution in [2.75, 3.05) is 21.3 Å². The molecule has 4 aromatic rings. The fourth-order valence-corrected chi connectivity index (χ4v) is 3.99. The third-order valence-corrected chi connectivity index (χ3v) is 5.64. The molecule has 0 N–H and O–H groups in total. The average Bonchev–Trinajstić information content (AvgIpc) is 3.08. The molecular formula is C22H19N3O5S. The second-order valence-corrected chi connectivity index (χ2v) is 7.62. The Labute approximate surface area is 181 Å². The average molecular weight is 437 g/mol. The van der Waals surface area contributed by atoms with Crippen LogP contribution >= 0.6 is 11.3 Å². The van der Waals surface area contributed by atoms with E-state index in [2.05, 4.69) is 10.1 Å². The van der Waals surface area contributed by atoms with Crippen LogP contribution in [-0.2, 0) is 6.42 Å². The Morgan fingerprint density at radius 1 is 0.968 bits per heavy atom. The lowest BCUT2D eigenvalue weighted by atomic mass is 10.1. The van der Waals surface area contributed by atoms with Crippen molar-refractivity contribution in [1.29, 1.82) is 0 Å². The first-order valence-corrected chi connectivity index (χ1v) is 10.1. The van der Waals surface area contributed by atoms with Crippen LogP contribution in [0, 0.1) is 0 Å². The topological polar surface area (TPSA) is 92.0 Å². The number of benzene rings is 2. The van der Waals surface area contributed by atoms with Crippen LogP contribution in [0.4, 0.5) is 0 Å². The molecule has 31 heavy (non-hydrogen) atoms. The van der Waals surface area contributed by atoms with Crippen LogP contribution in [-0.4, -0.2) is 35.9 Å². The molecule has 0 aliphatic carbocycles. The van der Waals surface area contributed by atoms with Gasteiger partial charge in [0, 0.05) is 6.42 Å². The number of hydrogen-bond donors (Lipinski definition) is 0. The molecule has 9 heteroatoms. The van der Waals surface area contributed by atoms with Crippen molar-refractivity contribution in [3.05, 3.63) is 84.5 Å². The predicted molar refractivity (Wildman–Crippen MR) is 118 cm³/mol. The van der Waals surface area contributed by atoms with Crippen LogP contribution < -0.4 is 29.9 Å². The molecule has 0 unspecified atom stereocenters. The third kappa shape index (κ3) is 4.13. The van der Waals surface area contributed by atoms with Crippen molar-refractivity contribution in [3.8, 4) is 17.2 Å². The molecule has 4 rings (SSSR count). The predicted octanol–water partition coefficient (Wildman–Crippen LogP) is 1.68. The molecule has 0 radical (unpaired) electrons. The molecule has 0 spiro atoms. The smallest absolute Gasteiger partial charge is 0.296 e. The van der Waals surface area contributed by atoms with E-state index in [-0.39, 0.29) is 22.6 Å². The van der Waals surface area contributed by atoms with Crippen molar-refractivity contribution >= 4 is 22.4 Å². The quantitative estimate of drug-likeness (QED) is 0.453. The summed E-state index contributed by atoms with van der Waals surface area (Å²) < 4.78 is 17.3. The zero-order valence-corrected chi connectivity index (χ0v) is 17.9. The van der Waals surface area contributed by atoms with E-state index >= 15 is 0 Å². The normalized spacial score (nSPS) is 11.6. The summed E-state index contributed by atoms with van der Waals surface area (Å²) in [5.74, 6) is 1.86. The highest BCUT2D eigenvalue weighted by atomic mass is 32.1. The van der Waals surface area contributed by atoms with Crippen molar-refractivity contribution < 1.29 is 14.2 Å². The summed E-state index contributed by atoms with van der Waals surface area (Å²) in [6.07, 6.45) is 1.95. The van der Waals surface area contributed by atoms with E-state index < -0.39 is 5.56 Å². The Hall–Kier alpha value is -3.72. The molecular weight excluding hydrogens is 418 g/mol. The van der Waals surface area contributed by atoms with Gasteiger partial charge in [-0.05, 0) is 41.5 Å². The van der Waals surface area contributed by atoms with Crippen molar-refractivity contribution in [2.24, 2.45) is 0 Å². The number of rotatable bonds is 6. The Bertz CT molecular complexity index is 1410. The summed E-state index contributed by atoms with van der Waals surface area (Å²) >= 11 is 1.12. The van der Waals surface area contributed by atoms with Gasteiger partial charge in [0.15, 0.2) is 11.5 Å². The third-order valence-electron chi connectivity index (χ3n) is 4.68. The zero-order chi connectivity index (χ0) is 22.0. The van der Waals surface area contributed by atoms with Crippen LogP contribution in [0.25, 0.3) is 11.0 Å². The Kier molecular flexibility index (Phi) is 5.68. The van der Waals surface area contributed by atoms with Gasteiger partial charge in [0.25, 0.3) is 11.1 Å². The first-order chi connectivity index (χ1) is 15.0. The number of ether oxygens (including phenoxy) is 3. The number of nitrogens with zero attached hydrogens (tertiary/aromatic N) is 3. The molecule has 158 valence electrons. The highest BCUT2D eigenvalue weighted by Crippen LogP contribution is 2.28. The highest BCUT2D eigenvalue weighted by molar-refractivity contribution is 7.15. The van der Waals surface area contributed by atoms with E-state index in [0.29, 0.717) is 16.0 Å². The number of methoxy groups -OCH3 is 3. The first kappa shape index (κ1) is 20.5. The second kappa shape index (κ2) is 8.57. The van der Waals surface area contributed by atoms with Crippen LogP contribution in [0.15, 0.2) is 52.1 Å². The van der Waals surface area contributed by atoms with Gasteiger partial charge in [0.2, 0.25) is 4.96 Å². The minimum absolute atomic E-state index is 0.176. The minimum atomic E-state index is -0.466. The van der Waals surface area contributed by atoms with Crippen LogP contribution in [0.3, 0.4) is 0 Å². The van der Waals surface area contributed by atoms with Gasteiger partial charge in [-0.1, -0.05) is 29.5 Å². The van der Waals surface area contributed by atoms with Gasteiger partial charge in [-0.2, -0.15) is 14.6 Å². The fourth-order valence-electron chi connectivity index (χ4n) is 3.09. The highest BCUT2D eigenvalue weighted by Gasteiger charge is 2.13. The van der Waals surface area contributed by atoms with Crippen LogP contribution in [0.2, 0.25) is 0 Å². The van der Waals surface area contributed by atoms with Gasteiger partial charge in [-0.25, -0.2) is 0 Å². The Morgan fingerprint density at radius 3 is 2.39 bits per heavy atom. The summed E-state index contributed by atoms with van der Waals surface area (Å²) in [5, 5.41) is 4.28. The number of fused-ring (bicyclic) bond motifs is 1. The molecule has 8 nitrogen and oxygen atoms in total. The van der Waals surface area contributed by atoms with E-state index in [1.165, 1.54) is 11.6 Å². The second-order valence-electron chi connectivity index (χ2n) is 6.61. The largest absolute Gasteiger partial charge is 0.497 e. The van der Waals surface area contributed by atoms with E-state index in [0.717, 1.165) is 28.2 Å². The number of aromatic nitrogens is 3. The lowest BCUT2D eigenvalue weighted by Crippen LogP contribution is -2.28. The maximum atomic E-state index is 12.8. The van der Waals surface area contributed by atoms with Crippen molar-refractivity contribution in [1.82, 2.24) is 14.6 Å². The molecule has 2 aromatic carbocycles. The van der Waals surface area contributed by atoms with E-state index in [1.54, 1.807) is 32.4 Å². The number of thiazole rings is 1. The molecule has 0 aliphatic heterocycles. The number of hydrogen-bond acceptors (Lipinski definition) is 8. The van der Waals surface area contributed by atoms with E-state index in [9.17, 15) is 9.59 Å². The van der Waals surface area contributed by atoms with Crippen LogP contribution in [0.5, 0.6) is 17.2 Å². The first-order valence-electron chi connectivity index (χ1n) is 9.32. The van der Waals surface area contributed by atoms with E-state index in [1.807, 2.05) is 30.3 Å². The van der Waals surface area contributed by atoms with Gasteiger partial charge < -0.3 is 14.2 Å². The summed E-state index contributed by atoms with van der Waals surface area (Å²) in [6, 6.07) is 12.6.